The third-order valence-electron chi connectivity index (χ3n) is 4.12. The van der Waals surface area contributed by atoms with Gasteiger partial charge >= 0.3 is 0 Å². The van der Waals surface area contributed by atoms with Gasteiger partial charge in [0, 0.05) is 1.37 Å². The van der Waals surface area contributed by atoms with Crippen molar-refractivity contribution >= 4 is 0 Å². The van der Waals surface area contributed by atoms with Crippen molar-refractivity contribution in [2.45, 2.75) is 87.0 Å². The predicted molar refractivity (Wildman–Crippen MR) is 84.9 cm³/mol. The lowest BCUT2D eigenvalue weighted by Crippen LogP contribution is -2.10. The van der Waals surface area contributed by atoms with E-state index in [1.165, 1.54) is 25.7 Å². The van der Waals surface area contributed by atoms with E-state index in [2.05, 4.69) is 48.5 Å². The second-order valence-corrected chi connectivity index (χ2v) is 7.25. The molecule has 0 radical (unpaired) electrons. The Kier molecular flexibility index (Phi) is 8.80. The molecular weight excluding hydrogens is 216 g/mol. The van der Waals surface area contributed by atoms with Gasteiger partial charge in [-0.25, -0.2) is 0 Å². The summed E-state index contributed by atoms with van der Waals surface area (Å²) in [7, 11) is 0. The van der Waals surface area contributed by atoms with Gasteiger partial charge in [-0.2, -0.15) is 0 Å². The third kappa shape index (κ3) is 9.97. The minimum Gasteiger partial charge on any atom is -0.0651 e. The van der Waals surface area contributed by atoms with Crippen LogP contribution < -0.4 is 0 Å². The average Bonchev–Trinajstić information content (AvgIpc) is 2.27. The highest BCUT2D eigenvalue weighted by atomic mass is 14.2. The SMILES string of the molecule is [3H]C(CC(C)CC(C)CC(C)CC(C)CC)C(C)C. The zero-order valence-corrected chi connectivity index (χ0v) is 14.0. The van der Waals surface area contributed by atoms with Crippen molar-refractivity contribution in [3.05, 3.63) is 0 Å². The molecule has 0 saturated heterocycles. The Labute approximate surface area is 118 Å². The zero-order valence-electron chi connectivity index (χ0n) is 15.0. The molecule has 0 fully saturated rings. The second-order valence-electron chi connectivity index (χ2n) is 7.25. The van der Waals surface area contributed by atoms with Crippen molar-refractivity contribution in [3.8, 4) is 0 Å². The molecule has 0 aliphatic heterocycles. The smallest absolute Gasteiger partial charge is 0.0269 e. The van der Waals surface area contributed by atoms with Gasteiger partial charge in [-0.1, -0.05) is 67.7 Å². The van der Waals surface area contributed by atoms with Crippen LogP contribution in [0.4, 0.5) is 0 Å². The lowest BCUT2D eigenvalue weighted by atomic mass is 9.83. The lowest BCUT2D eigenvalue weighted by Gasteiger charge is -2.22. The van der Waals surface area contributed by atoms with Crippen molar-refractivity contribution in [2.75, 3.05) is 0 Å². The van der Waals surface area contributed by atoms with Gasteiger partial charge in [0.05, 0.1) is 0 Å². The van der Waals surface area contributed by atoms with Crippen LogP contribution >= 0.6 is 0 Å². The van der Waals surface area contributed by atoms with E-state index >= 15 is 0 Å². The number of hydrogen-bond donors (Lipinski definition) is 0. The van der Waals surface area contributed by atoms with E-state index in [0.717, 1.165) is 24.2 Å². The van der Waals surface area contributed by atoms with Crippen LogP contribution in [0.15, 0.2) is 0 Å². The topological polar surface area (TPSA) is 0 Å². The summed E-state index contributed by atoms with van der Waals surface area (Å²) in [6, 6.07) is 0. The van der Waals surface area contributed by atoms with Crippen molar-refractivity contribution in [3.63, 3.8) is 0 Å². The highest BCUT2D eigenvalue weighted by Crippen LogP contribution is 2.27. The van der Waals surface area contributed by atoms with Crippen LogP contribution in [-0.2, 0) is 0 Å². The molecule has 0 amide bonds. The van der Waals surface area contributed by atoms with Crippen LogP contribution in [0.2, 0.25) is 0 Å². The van der Waals surface area contributed by atoms with Gasteiger partial charge in [-0.15, -0.1) is 0 Å². The Morgan fingerprint density at radius 1 is 0.722 bits per heavy atom. The Morgan fingerprint density at radius 3 is 1.61 bits per heavy atom. The molecule has 0 rings (SSSR count). The minimum absolute atomic E-state index is 0.125. The molecule has 0 nitrogen and oxygen atoms in total. The molecule has 0 heteroatoms. The maximum absolute atomic E-state index is 8.06. The average molecular weight is 257 g/mol. The first-order chi connectivity index (χ1) is 8.76. The van der Waals surface area contributed by atoms with Gasteiger partial charge in [-0.05, 0) is 48.9 Å². The van der Waals surface area contributed by atoms with Crippen LogP contribution in [-0.4, -0.2) is 0 Å². The third-order valence-corrected chi connectivity index (χ3v) is 4.12. The fraction of sp³-hybridized carbons (Fsp3) is 1.00. The summed E-state index contributed by atoms with van der Waals surface area (Å²) < 4.78 is 8.06. The molecule has 0 saturated carbocycles. The van der Waals surface area contributed by atoms with Gasteiger partial charge in [-0.3, -0.25) is 0 Å². The molecule has 0 aromatic carbocycles. The molecule has 5 unspecified atom stereocenters. The first kappa shape index (κ1) is 16.1. The van der Waals surface area contributed by atoms with Crippen molar-refractivity contribution in [2.24, 2.45) is 29.6 Å². The molecule has 0 aromatic heterocycles. The van der Waals surface area contributed by atoms with Gasteiger partial charge in [0.2, 0.25) is 0 Å². The van der Waals surface area contributed by atoms with E-state index in [-0.39, 0.29) is 6.40 Å². The minimum atomic E-state index is 0.125. The largest absolute Gasteiger partial charge is 0.0651 e. The summed E-state index contributed by atoms with van der Waals surface area (Å²) in [5, 5.41) is 0. The van der Waals surface area contributed by atoms with Gasteiger partial charge in [0.25, 0.3) is 0 Å². The van der Waals surface area contributed by atoms with Crippen LogP contribution in [0, 0.1) is 29.6 Å². The molecule has 18 heavy (non-hydrogen) atoms. The Bertz CT molecular complexity index is 212. The maximum atomic E-state index is 8.06. The number of rotatable bonds is 10. The number of hydrogen-bond acceptors (Lipinski definition) is 0. The van der Waals surface area contributed by atoms with Crippen LogP contribution in [0.3, 0.4) is 0 Å². The predicted octanol–water partition coefficient (Wildman–Crippen LogP) is 6.55. The molecule has 0 aliphatic carbocycles. The van der Waals surface area contributed by atoms with E-state index < -0.39 is 0 Å². The zero-order chi connectivity index (χ0) is 15.0. The molecule has 110 valence electrons. The summed E-state index contributed by atoms with van der Waals surface area (Å²) in [5.41, 5.74) is 0. The maximum Gasteiger partial charge on any atom is 0.0269 e. The van der Waals surface area contributed by atoms with E-state index in [4.69, 9.17) is 1.37 Å². The van der Waals surface area contributed by atoms with E-state index in [0.29, 0.717) is 11.8 Å². The van der Waals surface area contributed by atoms with Crippen LogP contribution in [0.5, 0.6) is 0 Å². The van der Waals surface area contributed by atoms with Gasteiger partial charge in [0.15, 0.2) is 0 Å². The molecule has 0 N–H and O–H groups in total. The van der Waals surface area contributed by atoms with Gasteiger partial charge in [0.1, 0.15) is 0 Å². The Morgan fingerprint density at radius 2 is 1.17 bits per heavy atom. The molecule has 0 heterocycles. The van der Waals surface area contributed by atoms with Gasteiger partial charge < -0.3 is 0 Å². The second kappa shape index (κ2) is 9.87. The monoisotopic (exact) mass is 256 g/mol. The van der Waals surface area contributed by atoms with E-state index in [1.807, 2.05) is 0 Å². The molecule has 0 spiro atoms. The summed E-state index contributed by atoms with van der Waals surface area (Å²) in [6.45, 7) is 16.1. The van der Waals surface area contributed by atoms with Crippen LogP contribution in [0.1, 0.15) is 88.3 Å². The molecular formula is C18H38. The summed E-state index contributed by atoms with van der Waals surface area (Å²) in [5.74, 6) is 3.75. The fourth-order valence-electron chi connectivity index (χ4n) is 3.02. The summed E-state index contributed by atoms with van der Waals surface area (Å²) in [4.78, 5) is 0. The quantitative estimate of drug-likeness (QED) is 0.416. The Hall–Kier alpha value is 0. The summed E-state index contributed by atoms with van der Waals surface area (Å²) in [6.07, 6.45) is 6.54. The molecule has 5 atom stereocenters. The van der Waals surface area contributed by atoms with Crippen molar-refractivity contribution in [1.29, 1.82) is 0 Å². The first-order valence-corrected chi connectivity index (χ1v) is 8.18. The van der Waals surface area contributed by atoms with Crippen molar-refractivity contribution < 1.29 is 1.37 Å². The standard InChI is InChI=1S/C18H38/c1-8-15(4)11-17(6)13-18(7)12-16(5)10-9-14(2)3/h14-18H,8-13H2,1-7H3/i9T. The Balaban J connectivity index is 3.92. The van der Waals surface area contributed by atoms with Crippen LogP contribution in [0.25, 0.3) is 0 Å². The molecule has 0 aromatic rings. The van der Waals surface area contributed by atoms with E-state index in [1.54, 1.807) is 0 Å². The highest BCUT2D eigenvalue weighted by molar-refractivity contribution is 4.66. The highest BCUT2D eigenvalue weighted by Gasteiger charge is 2.14. The lowest BCUT2D eigenvalue weighted by molar-refractivity contribution is 0.293. The molecule has 0 aliphatic rings. The van der Waals surface area contributed by atoms with Crippen molar-refractivity contribution in [1.82, 2.24) is 0 Å². The fourth-order valence-corrected chi connectivity index (χ4v) is 3.02. The normalized spacial score (nSPS) is 21.2. The first-order valence-electron chi connectivity index (χ1n) is 8.76. The summed E-state index contributed by atoms with van der Waals surface area (Å²) >= 11 is 0. The van der Waals surface area contributed by atoms with E-state index in [9.17, 15) is 0 Å². The molecule has 0 bridgehead atoms.